The van der Waals surface area contributed by atoms with E-state index in [0.29, 0.717) is 0 Å². The third-order valence-electron chi connectivity index (χ3n) is 1.22. The molecule has 1 unspecified atom stereocenters. The summed E-state index contributed by atoms with van der Waals surface area (Å²) in [5.41, 5.74) is 1.32. The van der Waals surface area contributed by atoms with Crippen molar-refractivity contribution >= 4 is 37.2 Å². The van der Waals surface area contributed by atoms with Crippen LogP contribution in [0.5, 0.6) is 0 Å². The third kappa shape index (κ3) is 3.85. The molecule has 0 radical (unpaired) electrons. The summed E-state index contributed by atoms with van der Waals surface area (Å²) in [5, 5.41) is 0. The predicted octanol–water partition coefficient (Wildman–Crippen LogP) is 3.08. The Morgan fingerprint density at radius 1 is 1.36 bits per heavy atom. The first-order valence-electron chi connectivity index (χ1n) is 3.25. The summed E-state index contributed by atoms with van der Waals surface area (Å²) in [5.74, 6) is 0.975. The van der Waals surface area contributed by atoms with Crippen LogP contribution >= 0.6 is 33.2 Å². The maximum Gasteiger partial charge on any atom is 0.0649 e. The Bertz CT molecular complexity index is 233. The topological polar surface area (TPSA) is 0 Å². The largest absolute Gasteiger partial charge is 0.110 e. The lowest BCUT2D eigenvalue weighted by atomic mass is 10.2. The van der Waals surface area contributed by atoms with E-state index in [0.717, 1.165) is 9.69 Å². The Balaban J connectivity index is 2.45. The van der Waals surface area contributed by atoms with Crippen LogP contribution in [0.25, 0.3) is 0 Å². The van der Waals surface area contributed by atoms with Crippen LogP contribution in [0.1, 0.15) is 5.56 Å². The highest BCUT2D eigenvalue weighted by molar-refractivity contribution is 8.31. The van der Waals surface area contributed by atoms with E-state index in [4.69, 9.17) is 12.2 Å². The quantitative estimate of drug-likeness (QED) is 0.531. The summed E-state index contributed by atoms with van der Waals surface area (Å²) in [6, 6.07) is 10.3. The summed E-state index contributed by atoms with van der Waals surface area (Å²) in [6.45, 7) is 0. The van der Waals surface area contributed by atoms with Gasteiger partial charge in [-0.1, -0.05) is 51.8 Å². The Labute approximate surface area is 79.0 Å². The number of thiocarbonyl (C=S) groups is 1. The van der Waals surface area contributed by atoms with Crippen LogP contribution in [0.4, 0.5) is 0 Å². The molecule has 0 aliphatic carbocycles. The van der Waals surface area contributed by atoms with Gasteiger partial charge in [-0.15, -0.1) is 11.8 Å². The van der Waals surface area contributed by atoms with Crippen LogP contribution in [-0.2, 0) is 5.75 Å². The highest BCUT2D eigenvalue weighted by atomic mass is 32.2. The molecule has 0 nitrogen and oxygen atoms in total. The van der Waals surface area contributed by atoms with E-state index >= 15 is 0 Å². The fraction of sp³-hybridized carbons (Fsp3) is 0.125. The average Bonchev–Trinajstić information content (AvgIpc) is 2.03. The van der Waals surface area contributed by atoms with Gasteiger partial charge in [0.05, 0.1) is 3.94 Å². The number of thioether (sulfide) groups is 1. The van der Waals surface area contributed by atoms with E-state index in [9.17, 15) is 0 Å². The smallest absolute Gasteiger partial charge is 0.0649 e. The highest BCUT2D eigenvalue weighted by Crippen LogP contribution is 2.16. The monoisotopic (exact) mass is 200 g/mol. The molecule has 3 heteroatoms. The summed E-state index contributed by atoms with van der Waals surface area (Å²) in [6.07, 6.45) is 0. The van der Waals surface area contributed by atoms with E-state index in [2.05, 4.69) is 21.4 Å². The van der Waals surface area contributed by atoms with E-state index in [-0.39, 0.29) is 0 Å². The van der Waals surface area contributed by atoms with Gasteiger partial charge < -0.3 is 0 Å². The molecule has 1 atom stereocenters. The molecule has 1 aromatic carbocycles. The minimum Gasteiger partial charge on any atom is -0.110 e. The van der Waals surface area contributed by atoms with Crippen LogP contribution in [0.3, 0.4) is 0 Å². The molecule has 0 bridgehead atoms. The molecule has 0 aromatic heterocycles. The molecule has 58 valence electrons. The lowest BCUT2D eigenvalue weighted by Crippen LogP contribution is -1.79. The third-order valence-corrected chi connectivity index (χ3v) is 2.84. The summed E-state index contributed by atoms with van der Waals surface area (Å²) in [7, 11) is 2.52. The zero-order valence-corrected chi connectivity index (χ0v) is 8.78. The van der Waals surface area contributed by atoms with Crippen molar-refractivity contribution < 1.29 is 0 Å². The molecular weight excluding hydrogens is 191 g/mol. The number of benzene rings is 1. The maximum atomic E-state index is 4.92. The van der Waals surface area contributed by atoms with Gasteiger partial charge >= 0.3 is 0 Å². The zero-order chi connectivity index (χ0) is 8.10. The molecule has 0 spiro atoms. The Kier molecular flexibility index (Phi) is 4.06. The molecular formula is C8H9PS2. The van der Waals surface area contributed by atoms with Crippen LogP contribution < -0.4 is 0 Å². The molecule has 0 heterocycles. The minimum atomic E-state index is 0.925. The van der Waals surface area contributed by atoms with Crippen LogP contribution in [0, 0.1) is 0 Å². The van der Waals surface area contributed by atoms with Gasteiger partial charge in [0.15, 0.2) is 0 Å². The maximum absolute atomic E-state index is 4.92. The normalized spacial score (nSPS) is 9.55. The van der Waals surface area contributed by atoms with Gasteiger partial charge in [0, 0.05) is 5.75 Å². The fourth-order valence-corrected chi connectivity index (χ4v) is 1.66. The zero-order valence-electron chi connectivity index (χ0n) is 5.99. The van der Waals surface area contributed by atoms with E-state index < -0.39 is 0 Å². The van der Waals surface area contributed by atoms with Crippen molar-refractivity contribution in [1.82, 2.24) is 0 Å². The molecule has 0 N–H and O–H groups in total. The fourth-order valence-electron chi connectivity index (χ4n) is 0.729. The van der Waals surface area contributed by atoms with Gasteiger partial charge in [-0.3, -0.25) is 0 Å². The molecule has 0 amide bonds. The predicted molar refractivity (Wildman–Crippen MR) is 60.0 cm³/mol. The molecule has 0 fully saturated rings. The van der Waals surface area contributed by atoms with Crippen molar-refractivity contribution in [3.05, 3.63) is 35.9 Å². The van der Waals surface area contributed by atoms with Crippen LogP contribution in [-0.4, -0.2) is 3.94 Å². The summed E-state index contributed by atoms with van der Waals surface area (Å²) in [4.78, 5) is 0. The van der Waals surface area contributed by atoms with Crippen LogP contribution in [0.15, 0.2) is 30.3 Å². The average molecular weight is 200 g/mol. The van der Waals surface area contributed by atoms with E-state index in [1.54, 1.807) is 11.8 Å². The van der Waals surface area contributed by atoms with Gasteiger partial charge in [-0.2, -0.15) is 0 Å². The van der Waals surface area contributed by atoms with Crippen molar-refractivity contribution in [3.63, 3.8) is 0 Å². The SMILES string of the molecule is PC(=S)SCc1ccccc1. The number of rotatable bonds is 2. The minimum absolute atomic E-state index is 0.925. The first-order valence-corrected chi connectivity index (χ1v) is 5.22. The van der Waals surface area contributed by atoms with Gasteiger partial charge in [-0.05, 0) is 5.56 Å². The standard InChI is InChI=1S/C8H9PS2/c9-8(10)11-6-7-4-2-1-3-5-7/h1-5H,6,9H2. The van der Waals surface area contributed by atoms with Gasteiger partial charge in [0.25, 0.3) is 0 Å². The van der Waals surface area contributed by atoms with Crippen molar-refractivity contribution in [1.29, 1.82) is 0 Å². The van der Waals surface area contributed by atoms with Gasteiger partial charge in [0.1, 0.15) is 0 Å². The van der Waals surface area contributed by atoms with Crippen molar-refractivity contribution in [2.24, 2.45) is 0 Å². The Morgan fingerprint density at radius 2 is 2.00 bits per heavy atom. The lowest BCUT2D eigenvalue weighted by molar-refractivity contribution is 1.43. The summed E-state index contributed by atoms with van der Waals surface area (Å²) < 4.78 is 0.925. The van der Waals surface area contributed by atoms with Crippen molar-refractivity contribution in [2.45, 2.75) is 5.75 Å². The Morgan fingerprint density at radius 3 is 2.55 bits per heavy atom. The summed E-state index contributed by atoms with van der Waals surface area (Å²) >= 11 is 6.60. The van der Waals surface area contributed by atoms with E-state index in [1.165, 1.54) is 5.56 Å². The molecule has 0 aliphatic heterocycles. The molecule has 0 saturated heterocycles. The van der Waals surface area contributed by atoms with Crippen molar-refractivity contribution in [2.75, 3.05) is 0 Å². The lowest BCUT2D eigenvalue weighted by Gasteiger charge is -1.97. The van der Waals surface area contributed by atoms with Gasteiger partial charge in [0.2, 0.25) is 0 Å². The highest BCUT2D eigenvalue weighted by Gasteiger charge is 1.91. The van der Waals surface area contributed by atoms with E-state index in [1.807, 2.05) is 18.2 Å². The second-order valence-corrected chi connectivity index (χ2v) is 5.22. The first kappa shape index (κ1) is 9.18. The van der Waals surface area contributed by atoms with Crippen LogP contribution in [0.2, 0.25) is 0 Å². The first-order chi connectivity index (χ1) is 5.29. The molecule has 0 aliphatic rings. The number of hydrogen-bond donors (Lipinski definition) is 0. The second kappa shape index (κ2) is 4.87. The molecule has 0 saturated carbocycles. The molecule has 1 aromatic rings. The van der Waals surface area contributed by atoms with Crippen molar-refractivity contribution in [3.8, 4) is 0 Å². The van der Waals surface area contributed by atoms with Gasteiger partial charge in [-0.25, -0.2) is 0 Å². The molecule has 11 heavy (non-hydrogen) atoms. The Hall–Kier alpha value is 0.0900. The molecule has 1 rings (SSSR count). The second-order valence-electron chi connectivity index (χ2n) is 2.09. The number of hydrogen-bond acceptors (Lipinski definition) is 2.